The second kappa shape index (κ2) is 5.62. The average Bonchev–Trinajstić information content (AvgIpc) is 2.76. The van der Waals surface area contributed by atoms with Crippen LogP contribution in [0.3, 0.4) is 0 Å². The summed E-state index contributed by atoms with van der Waals surface area (Å²) in [6, 6.07) is 6.07. The van der Waals surface area contributed by atoms with Crippen LogP contribution in [0.2, 0.25) is 5.02 Å². The van der Waals surface area contributed by atoms with Crippen LogP contribution in [0.4, 0.5) is 16.3 Å². The largest absolute Gasteiger partial charge is 0.495 e. The SMILES string of the molecule is COc1cc(Cl)ccc1NC(=O)Nc1cc(C)on1. The Balaban J connectivity index is 2.06. The molecule has 0 aliphatic carbocycles. The van der Waals surface area contributed by atoms with Gasteiger partial charge in [-0.3, -0.25) is 5.32 Å². The van der Waals surface area contributed by atoms with Crippen molar-refractivity contribution in [1.82, 2.24) is 5.16 Å². The third kappa shape index (κ3) is 3.38. The van der Waals surface area contributed by atoms with Gasteiger partial charge in [0.25, 0.3) is 0 Å². The molecule has 2 rings (SSSR count). The molecule has 0 unspecified atom stereocenters. The highest BCUT2D eigenvalue weighted by Crippen LogP contribution is 2.27. The van der Waals surface area contributed by atoms with E-state index in [4.69, 9.17) is 20.9 Å². The van der Waals surface area contributed by atoms with Gasteiger partial charge in [0.15, 0.2) is 5.82 Å². The van der Waals surface area contributed by atoms with Crippen LogP contribution in [-0.2, 0) is 0 Å². The maximum Gasteiger partial charge on any atom is 0.325 e. The summed E-state index contributed by atoms with van der Waals surface area (Å²) in [5.41, 5.74) is 0.504. The number of nitrogens with one attached hydrogen (secondary N) is 2. The van der Waals surface area contributed by atoms with E-state index in [0.717, 1.165) is 0 Å². The first-order valence-corrected chi connectivity index (χ1v) is 5.81. The van der Waals surface area contributed by atoms with E-state index in [-0.39, 0.29) is 0 Å². The normalized spacial score (nSPS) is 10.1. The first kappa shape index (κ1) is 13.2. The van der Waals surface area contributed by atoms with Crippen molar-refractivity contribution in [1.29, 1.82) is 0 Å². The predicted octanol–water partition coefficient (Wildman–Crippen LogP) is 3.29. The Labute approximate surface area is 114 Å². The number of ether oxygens (including phenoxy) is 1. The molecule has 7 heteroatoms. The first-order chi connectivity index (χ1) is 9.08. The number of urea groups is 1. The van der Waals surface area contributed by atoms with Crippen molar-refractivity contribution in [3.05, 3.63) is 35.0 Å². The molecule has 2 aromatic rings. The van der Waals surface area contributed by atoms with Gasteiger partial charge >= 0.3 is 6.03 Å². The minimum atomic E-state index is -0.450. The predicted molar refractivity (Wildman–Crippen MR) is 71.9 cm³/mol. The quantitative estimate of drug-likeness (QED) is 0.905. The van der Waals surface area contributed by atoms with Crippen molar-refractivity contribution >= 4 is 29.1 Å². The van der Waals surface area contributed by atoms with Gasteiger partial charge in [-0.1, -0.05) is 16.8 Å². The number of methoxy groups -OCH3 is 1. The number of rotatable bonds is 3. The highest BCUT2D eigenvalue weighted by molar-refractivity contribution is 6.30. The number of anilines is 2. The highest BCUT2D eigenvalue weighted by atomic mass is 35.5. The van der Waals surface area contributed by atoms with Crippen molar-refractivity contribution in [2.24, 2.45) is 0 Å². The molecular weight excluding hydrogens is 270 g/mol. The van der Waals surface area contributed by atoms with Gasteiger partial charge in [-0.15, -0.1) is 0 Å². The van der Waals surface area contributed by atoms with E-state index in [2.05, 4.69) is 15.8 Å². The number of hydrogen-bond acceptors (Lipinski definition) is 4. The molecule has 0 spiro atoms. The first-order valence-electron chi connectivity index (χ1n) is 5.43. The molecule has 0 radical (unpaired) electrons. The molecule has 0 atom stereocenters. The van der Waals surface area contributed by atoms with Gasteiger partial charge in [-0.25, -0.2) is 4.79 Å². The molecule has 0 aliphatic rings. The lowest BCUT2D eigenvalue weighted by atomic mass is 10.3. The summed E-state index contributed by atoms with van der Waals surface area (Å²) in [7, 11) is 1.50. The molecule has 1 aromatic heterocycles. The van der Waals surface area contributed by atoms with Crippen LogP contribution in [0.5, 0.6) is 5.75 Å². The number of hydrogen-bond donors (Lipinski definition) is 2. The van der Waals surface area contributed by atoms with Gasteiger partial charge in [0.1, 0.15) is 11.5 Å². The number of carbonyl (C=O) groups is 1. The fraction of sp³-hybridized carbons (Fsp3) is 0.167. The van der Waals surface area contributed by atoms with E-state index in [1.807, 2.05) is 0 Å². The molecule has 0 saturated heterocycles. The molecule has 0 bridgehead atoms. The standard InChI is InChI=1S/C12H12ClN3O3/c1-7-5-11(16-19-7)15-12(17)14-9-4-3-8(13)6-10(9)18-2/h3-6H,1-2H3,(H2,14,15,16,17). The number of benzene rings is 1. The molecule has 1 aromatic carbocycles. The molecule has 0 aliphatic heterocycles. The number of amides is 2. The van der Waals surface area contributed by atoms with Crippen LogP contribution in [0.25, 0.3) is 0 Å². The summed E-state index contributed by atoms with van der Waals surface area (Å²) in [5.74, 6) is 1.42. The molecule has 0 fully saturated rings. The Hall–Kier alpha value is -2.21. The van der Waals surface area contributed by atoms with Crippen LogP contribution in [-0.4, -0.2) is 18.3 Å². The molecule has 1 heterocycles. The summed E-state index contributed by atoms with van der Waals surface area (Å²) in [4.78, 5) is 11.8. The molecule has 100 valence electrons. The topological polar surface area (TPSA) is 76.4 Å². The monoisotopic (exact) mass is 281 g/mol. The van der Waals surface area contributed by atoms with E-state index in [1.54, 1.807) is 31.2 Å². The van der Waals surface area contributed by atoms with Crippen LogP contribution in [0.1, 0.15) is 5.76 Å². The summed E-state index contributed by atoms with van der Waals surface area (Å²) >= 11 is 5.83. The lowest BCUT2D eigenvalue weighted by Gasteiger charge is -2.10. The van der Waals surface area contributed by atoms with Gasteiger partial charge in [0, 0.05) is 17.2 Å². The molecule has 19 heavy (non-hydrogen) atoms. The van der Waals surface area contributed by atoms with Crippen molar-refractivity contribution < 1.29 is 14.1 Å². The van der Waals surface area contributed by atoms with Crippen molar-refractivity contribution in [2.45, 2.75) is 6.92 Å². The molecule has 2 N–H and O–H groups in total. The Morgan fingerprint density at radius 3 is 2.79 bits per heavy atom. The summed E-state index contributed by atoms with van der Waals surface area (Å²) in [5, 5.41) is 9.34. The zero-order valence-corrected chi connectivity index (χ0v) is 11.1. The zero-order chi connectivity index (χ0) is 13.8. The lowest BCUT2D eigenvalue weighted by molar-refractivity contribution is 0.261. The Kier molecular flexibility index (Phi) is 3.91. The van der Waals surface area contributed by atoms with E-state index in [9.17, 15) is 4.79 Å². The Morgan fingerprint density at radius 1 is 1.37 bits per heavy atom. The minimum absolute atomic E-state index is 0.336. The van der Waals surface area contributed by atoms with Gasteiger partial charge in [-0.05, 0) is 19.1 Å². The number of halogens is 1. The van der Waals surface area contributed by atoms with Crippen molar-refractivity contribution in [3.8, 4) is 5.75 Å². The molecule has 0 saturated carbocycles. The fourth-order valence-electron chi connectivity index (χ4n) is 1.46. The smallest absolute Gasteiger partial charge is 0.325 e. The second-order valence-electron chi connectivity index (χ2n) is 3.75. The summed E-state index contributed by atoms with van der Waals surface area (Å²) in [6.45, 7) is 1.73. The van der Waals surface area contributed by atoms with Crippen LogP contribution < -0.4 is 15.4 Å². The van der Waals surface area contributed by atoms with Gasteiger partial charge in [-0.2, -0.15) is 0 Å². The van der Waals surface area contributed by atoms with Crippen molar-refractivity contribution in [2.75, 3.05) is 17.7 Å². The van der Waals surface area contributed by atoms with Gasteiger partial charge < -0.3 is 14.6 Å². The fourth-order valence-corrected chi connectivity index (χ4v) is 1.63. The van der Waals surface area contributed by atoms with Crippen LogP contribution >= 0.6 is 11.6 Å². The molecule has 2 amide bonds. The second-order valence-corrected chi connectivity index (χ2v) is 4.18. The summed E-state index contributed by atoms with van der Waals surface area (Å²) < 4.78 is 9.96. The number of carbonyl (C=O) groups excluding carboxylic acids is 1. The number of aromatic nitrogens is 1. The maximum absolute atomic E-state index is 11.8. The maximum atomic E-state index is 11.8. The van der Waals surface area contributed by atoms with Crippen molar-refractivity contribution in [3.63, 3.8) is 0 Å². The molecular formula is C12H12ClN3O3. The molecule has 6 nitrogen and oxygen atoms in total. The summed E-state index contributed by atoms with van der Waals surface area (Å²) in [6.07, 6.45) is 0. The van der Waals surface area contributed by atoms with Crippen LogP contribution in [0, 0.1) is 6.92 Å². The lowest BCUT2D eigenvalue weighted by Crippen LogP contribution is -2.19. The van der Waals surface area contributed by atoms with E-state index < -0.39 is 6.03 Å². The average molecular weight is 282 g/mol. The zero-order valence-electron chi connectivity index (χ0n) is 10.4. The van der Waals surface area contributed by atoms with Gasteiger partial charge in [0.2, 0.25) is 0 Å². The third-order valence-electron chi connectivity index (χ3n) is 2.28. The minimum Gasteiger partial charge on any atom is -0.495 e. The van der Waals surface area contributed by atoms with Gasteiger partial charge in [0.05, 0.1) is 12.8 Å². The number of nitrogens with zero attached hydrogens (tertiary/aromatic N) is 1. The van der Waals surface area contributed by atoms with E-state index >= 15 is 0 Å². The number of aryl methyl sites for hydroxylation is 1. The Morgan fingerprint density at radius 2 is 2.16 bits per heavy atom. The van der Waals surface area contributed by atoms with E-state index in [1.165, 1.54) is 7.11 Å². The third-order valence-corrected chi connectivity index (χ3v) is 2.52. The highest BCUT2D eigenvalue weighted by Gasteiger charge is 2.09. The van der Waals surface area contributed by atoms with Crippen LogP contribution in [0.15, 0.2) is 28.8 Å². The Bertz CT molecular complexity index is 598. The van der Waals surface area contributed by atoms with E-state index in [0.29, 0.717) is 28.0 Å².